The van der Waals surface area contributed by atoms with Crippen molar-refractivity contribution in [3.8, 4) is 0 Å². The first-order valence-corrected chi connectivity index (χ1v) is 8.34. The van der Waals surface area contributed by atoms with E-state index in [1.807, 2.05) is 13.8 Å². The zero-order chi connectivity index (χ0) is 15.5. The van der Waals surface area contributed by atoms with Gasteiger partial charge >= 0.3 is 0 Å². The van der Waals surface area contributed by atoms with Crippen LogP contribution >= 0.6 is 11.6 Å². The average molecular weight is 312 g/mol. The number of nitrogens with zero attached hydrogens (tertiary/aromatic N) is 2. The fourth-order valence-electron chi connectivity index (χ4n) is 2.92. The number of nitrogens with one attached hydrogen (secondary N) is 1. The molecule has 0 radical (unpaired) electrons. The second-order valence-electron chi connectivity index (χ2n) is 5.83. The number of halogens is 1. The Morgan fingerprint density at radius 1 is 1.29 bits per heavy atom. The molecule has 1 aromatic heterocycles. The fourth-order valence-corrected chi connectivity index (χ4v) is 3.11. The van der Waals surface area contributed by atoms with E-state index in [1.54, 1.807) is 0 Å². The standard InChI is InChI=1S/C16H26ClN3O/c1-5-13-19-14(17)11(4)15(20-13)18-12-8-9-21-16(6-2,7-3)10-12/h12H,5-10H2,1-4H3,(H,18,19,20). The number of anilines is 1. The minimum Gasteiger partial charge on any atom is -0.375 e. The van der Waals surface area contributed by atoms with Crippen molar-refractivity contribution in [2.45, 2.75) is 71.4 Å². The molecule has 2 rings (SSSR count). The summed E-state index contributed by atoms with van der Waals surface area (Å²) in [5.74, 6) is 1.66. The third kappa shape index (κ3) is 3.67. The van der Waals surface area contributed by atoms with E-state index in [4.69, 9.17) is 16.3 Å². The van der Waals surface area contributed by atoms with Gasteiger partial charge in [0.2, 0.25) is 0 Å². The van der Waals surface area contributed by atoms with Crippen LogP contribution in [-0.2, 0) is 11.2 Å². The van der Waals surface area contributed by atoms with Crippen LogP contribution in [0.3, 0.4) is 0 Å². The van der Waals surface area contributed by atoms with Crippen LogP contribution < -0.4 is 5.32 Å². The third-order valence-corrected chi connectivity index (χ3v) is 4.94. The molecule has 1 aliphatic heterocycles. The summed E-state index contributed by atoms with van der Waals surface area (Å²) >= 11 is 6.21. The molecular weight excluding hydrogens is 286 g/mol. The van der Waals surface area contributed by atoms with Gasteiger partial charge in [0.05, 0.1) is 5.60 Å². The number of aromatic nitrogens is 2. The fraction of sp³-hybridized carbons (Fsp3) is 0.750. The third-order valence-electron chi connectivity index (χ3n) is 4.57. The summed E-state index contributed by atoms with van der Waals surface area (Å²) in [5.41, 5.74) is 0.938. The minimum absolute atomic E-state index is 0.00817. The monoisotopic (exact) mass is 311 g/mol. The molecule has 0 bridgehead atoms. The summed E-state index contributed by atoms with van der Waals surface area (Å²) in [6.07, 6.45) is 4.90. The molecule has 0 aliphatic carbocycles. The zero-order valence-corrected chi connectivity index (χ0v) is 14.3. The summed E-state index contributed by atoms with van der Waals surface area (Å²) in [4.78, 5) is 8.89. The van der Waals surface area contributed by atoms with Crippen molar-refractivity contribution in [3.63, 3.8) is 0 Å². The largest absolute Gasteiger partial charge is 0.375 e. The van der Waals surface area contributed by atoms with E-state index in [9.17, 15) is 0 Å². The highest BCUT2D eigenvalue weighted by Crippen LogP contribution is 2.33. The van der Waals surface area contributed by atoms with Crippen LogP contribution in [-0.4, -0.2) is 28.2 Å². The molecule has 4 nitrogen and oxygen atoms in total. The van der Waals surface area contributed by atoms with Crippen molar-refractivity contribution in [1.29, 1.82) is 0 Å². The molecule has 5 heteroatoms. The van der Waals surface area contributed by atoms with E-state index >= 15 is 0 Å². The van der Waals surface area contributed by atoms with Gasteiger partial charge in [0.15, 0.2) is 0 Å². The van der Waals surface area contributed by atoms with Gasteiger partial charge in [-0.15, -0.1) is 0 Å². The van der Waals surface area contributed by atoms with E-state index in [2.05, 4.69) is 29.1 Å². The van der Waals surface area contributed by atoms with Gasteiger partial charge in [-0.2, -0.15) is 0 Å². The highest BCUT2D eigenvalue weighted by Gasteiger charge is 2.34. The van der Waals surface area contributed by atoms with Crippen LogP contribution in [0.5, 0.6) is 0 Å². The van der Waals surface area contributed by atoms with Gasteiger partial charge in [-0.1, -0.05) is 32.4 Å². The van der Waals surface area contributed by atoms with Gasteiger partial charge in [0, 0.05) is 24.6 Å². The van der Waals surface area contributed by atoms with Crippen LogP contribution in [0.4, 0.5) is 5.82 Å². The molecular formula is C16H26ClN3O. The van der Waals surface area contributed by atoms with E-state index in [0.717, 1.165) is 55.9 Å². The Hall–Kier alpha value is -0.870. The van der Waals surface area contributed by atoms with Crippen molar-refractivity contribution in [1.82, 2.24) is 9.97 Å². The van der Waals surface area contributed by atoms with E-state index in [0.29, 0.717) is 11.2 Å². The molecule has 0 amide bonds. The number of hydrogen-bond acceptors (Lipinski definition) is 4. The normalized spacial score (nSPS) is 21.3. The molecule has 2 heterocycles. The smallest absolute Gasteiger partial charge is 0.137 e. The summed E-state index contributed by atoms with van der Waals surface area (Å²) in [7, 11) is 0. The number of hydrogen-bond donors (Lipinski definition) is 1. The molecule has 21 heavy (non-hydrogen) atoms. The van der Waals surface area contributed by atoms with Crippen LogP contribution in [0.2, 0.25) is 5.15 Å². The van der Waals surface area contributed by atoms with Gasteiger partial charge in [0.1, 0.15) is 16.8 Å². The van der Waals surface area contributed by atoms with Crippen LogP contribution in [0.25, 0.3) is 0 Å². The Kier molecular flexibility index (Phi) is 5.44. The predicted octanol–water partition coefficient (Wildman–Crippen LogP) is 4.15. The average Bonchev–Trinajstić information content (AvgIpc) is 2.51. The lowest BCUT2D eigenvalue weighted by Gasteiger charge is -2.40. The van der Waals surface area contributed by atoms with E-state index < -0.39 is 0 Å². The summed E-state index contributed by atoms with van der Waals surface area (Å²) in [6, 6.07) is 0.382. The Bertz CT molecular complexity index is 489. The maximum absolute atomic E-state index is 6.21. The van der Waals surface area contributed by atoms with Crippen LogP contribution in [0, 0.1) is 6.92 Å². The lowest BCUT2D eigenvalue weighted by molar-refractivity contribution is -0.0864. The highest BCUT2D eigenvalue weighted by atomic mass is 35.5. The first-order chi connectivity index (χ1) is 10.0. The van der Waals surface area contributed by atoms with Crippen molar-refractivity contribution in [2.24, 2.45) is 0 Å². The van der Waals surface area contributed by atoms with E-state index in [-0.39, 0.29) is 5.60 Å². The summed E-state index contributed by atoms with van der Waals surface area (Å²) < 4.78 is 6.03. The molecule has 118 valence electrons. The predicted molar refractivity (Wildman–Crippen MR) is 87.1 cm³/mol. The van der Waals surface area contributed by atoms with Gasteiger partial charge in [-0.25, -0.2) is 9.97 Å². The highest BCUT2D eigenvalue weighted by molar-refractivity contribution is 6.30. The van der Waals surface area contributed by atoms with Crippen molar-refractivity contribution >= 4 is 17.4 Å². The Morgan fingerprint density at radius 3 is 2.62 bits per heavy atom. The first-order valence-electron chi connectivity index (χ1n) is 7.97. The molecule has 1 fully saturated rings. The molecule has 1 aliphatic rings. The topological polar surface area (TPSA) is 47.0 Å². The molecule has 1 unspecified atom stereocenters. The van der Waals surface area contributed by atoms with Gasteiger partial charge < -0.3 is 10.1 Å². The summed E-state index contributed by atoms with van der Waals surface area (Å²) in [5, 5.41) is 4.12. The van der Waals surface area contributed by atoms with Gasteiger partial charge in [-0.05, 0) is 32.6 Å². The summed E-state index contributed by atoms with van der Waals surface area (Å²) in [6.45, 7) is 9.22. The van der Waals surface area contributed by atoms with Gasteiger partial charge in [0.25, 0.3) is 0 Å². The second-order valence-corrected chi connectivity index (χ2v) is 6.19. The number of aryl methyl sites for hydroxylation is 1. The molecule has 0 saturated carbocycles. The van der Waals surface area contributed by atoms with Gasteiger partial charge in [-0.3, -0.25) is 0 Å². The first kappa shape index (κ1) is 16.5. The lowest BCUT2D eigenvalue weighted by Crippen LogP contribution is -2.43. The number of rotatable bonds is 5. The van der Waals surface area contributed by atoms with E-state index in [1.165, 1.54) is 0 Å². The van der Waals surface area contributed by atoms with Crippen LogP contribution in [0.1, 0.15) is 57.8 Å². The Balaban J connectivity index is 2.16. The minimum atomic E-state index is 0.00817. The second kappa shape index (κ2) is 6.93. The quantitative estimate of drug-likeness (QED) is 0.830. The molecule has 0 spiro atoms. The Morgan fingerprint density at radius 2 is 2.00 bits per heavy atom. The lowest BCUT2D eigenvalue weighted by atomic mass is 9.86. The molecule has 1 atom stereocenters. The SMILES string of the molecule is CCc1nc(Cl)c(C)c(NC2CCOC(CC)(CC)C2)n1. The maximum atomic E-state index is 6.21. The number of ether oxygens (including phenoxy) is 1. The van der Waals surface area contributed by atoms with Crippen molar-refractivity contribution in [3.05, 3.63) is 16.5 Å². The molecule has 0 aromatic carbocycles. The van der Waals surface area contributed by atoms with Crippen LogP contribution in [0.15, 0.2) is 0 Å². The van der Waals surface area contributed by atoms with Crippen molar-refractivity contribution in [2.75, 3.05) is 11.9 Å². The molecule has 1 aromatic rings. The molecule has 1 N–H and O–H groups in total. The van der Waals surface area contributed by atoms with Crippen molar-refractivity contribution < 1.29 is 4.74 Å². The Labute approximate surface area is 132 Å². The maximum Gasteiger partial charge on any atom is 0.137 e. The zero-order valence-electron chi connectivity index (χ0n) is 13.5. The molecule has 1 saturated heterocycles.